The van der Waals surface area contributed by atoms with E-state index in [9.17, 15) is 4.79 Å². The molecule has 1 saturated heterocycles. The van der Waals surface area contributed by atoms with Crippen LogP contribution in [-0.2, 0) is 0 Å². The third-order valence-corrected chi connectivity index (χ3v) is 4.78. The van der Waals surface area contributed by atoms with Crippen molar-refractivity contribution < 1.29 is 4.79 Å². The lowest BCUT2D eigenvalue weighted by Crippen LogP contribution is -2.45. The fourth-order valence-corrected chi connectivity index (χ4v) is 3.26. The van der Waals surface area contributed by atoms with Gasteiger partial charge in [0, 0.05) is 37.2 Å². The summed E-state index contributed by atoms with van der Waals surface area (Å²) >= 11 is 0. The van der Waals surface area contributed by atoms with E-state index in [0.717, 1.165) is 44.0 Å². The van der Waals surface area contributed by atoms with Crippen molar-refractivity contribution in [3.8, 4) is 5.69 Å². The van der Waals surface area contributed by atoms with Crippen molar-refractivity contribution in [1.29, 1.82) is 0 Å². The zero-order valence-corrected chi connectivity index (χ0v) is 15.3. The normalized spacial score (nSPS) is 17.0. The van der Waals surface area contributed by atoms with Gasteiger partial charge in [-0.05, 0) is 45.0 Å². The first-order chi connectivity index (χ1) is 12.6. The van der Waals surface area contributed by atoms with Crippen LogP contribution in [0, 0.1) is 0 Å². The Morgan fingerprint density at radius 3 is 2.77 bits per heavy atom. The number of carbonyl (C=O) groups is 1. The van der Waals surface area contributed by atoms with Crippen molar-refractivity contribution in [3.05, 3.63) is 48.5 Å². The van der Waals surface area contributed by atoms with E-state index < -0.39 is 0 Å². The molecule has 2 heterocycles. The first kappa shape index (κ1) is 18.4. The highest BCUT2D eigenvalue weighted by atomic mass is 16.2. The van der Waals surface area contributed by atoms with Crippen molar-refractivity contribution >= 4 is 6.03 Å². The molecule has 140 valence electrons. The van der Waals surface area contributed by atoms with E-state index in [1.165, 1.54) is 0 Å². The molecule has 1 aromatic heterocycles. The van der Waals surface area contributed by atoms with Crippen LogP contribution in [0.3, 0.4) is 0 Å². The van der Waals surface area contributed by atoms with Crippen LogP contribution in [0.25, 0.3) is 5.69 Å². The van der Waals surface area contributed by atoms with Crippen LogP contribution in [0.2, 0.25) is 0 Å². The van der Waals surface area contributed by atoms with Crippen molar-refractivity contribution in [2.75, 3.05) is 26.2 Å². The average molecular weight is 356 g/mol. The van der Waals surface area contributed by atoms with Gasteiger partial charge in [-0.3, -0.25) is 0 Å². The fraction of sp³-hybridized carbons (Fsp3) is 0.474. The largest absolute Gasteiger partial charge is 0.337 e. The van der Waals surface area contributed by atoms with Gasteiger partial charge in [0.15, 0.2) is 0 Å². The number of benzene rings is 1. The van der Waals surface area contributed by atoms with E-state index in [4.69, 9.17) is 5.73 Å². The van der Waals surface area contributed by atoms with Crippen LogP contribution in [0.15, 0.2) is 42.7 Å². The highest BCUT2D eigenvalue weighted by Gasteiger charge is 2.17. The number of para-hydroxylation sites is 1. The quantitative estimate of drug-likeness (QED) is 0.734. The molecule has 1 aliphatic heterocycles. The molecule has 2 aromatic rings. The molecule has 7 nitrogen and oxygen atoms in total. The van der Waals surface area contributed by atoms with E-state index in [0.29, 0.717) is 12.6 Å². The van der Waals surface area contributed by atoms with Gasteiger partial charge in [0.1, 0.15) is 5.82 Å². The van der Waals surface area contributed by atoms with E-state index >= 15 is 0 Å². The van der Waals surface area contributed by atoms with Crippen LogP contribution in [0.4, 0.5) is 4.79 Å². The number of rotatable bonds is 6. The minimum Gasteiger partial charge on any atom is -0.337 e. The smallest absolute Gasteiger partial charge is 0.315 e. The van der Waals surface area contributed by atoms with Crippen LogP contribution in [0.1, 0.15) is 31.6 Å². The van der Waals surface area contributed by atoms with Gasteiger partial charge in [-0.1, -0.05) is 18.2 Å². The zero-order valence-electron chi connectivity index (χ0n) is 15.3. The van der Waals surface area contributed by atoms with Gasteiger partial charge in [-0.2, -0.15) is 0 Å². The number of hydrogen-bond donors (Lipinski definition) is 3. The van der Waals surface area contributed by atoms with Crippen molar-refractivity contribution in [1.82, 2.24) is 25.1 Å². The van der Waals surface area contributed by atoms with Crippen LogP contribution < -0.4 is 16.4 Å². The predicted octanol–water partition coefficient (Wildman–Crippen LogP) is 1.66. The molecule has 0 bridgehead atoms. The van der Waals surface area contributed by atoms with Crippen LogP contribution >= 0.6 is 0 Å². The molecule has 1 atom stereocenters. The Hall–Kier alpha value is -2.38. The van der Waals surface area contributed by atoms with E-state index in [1.807, 2.05) is 48.0 Å². The lowest BCUT2D eigenvalue weighted by Gasteiger charge is -2.30. The minimum atomic E-state index is -0.196. The van der Waals surface area contributed by atoms with E-state index in [2.05, 4.69) is 20.5 Å². The zero-order chi connectivity index (χ0) is 18.4. The number of carbonyl (C=O) groups excluding carboxylic acids is 1. The summed E-state index contributed by atoms with van der Waals surface area (Å²) in [6, 6.07) is 9.94. The molecule has 1 unspecified atom stereocenters. The van der Waals surface area contributed by atoms with Gasteiger partial charge in [-0.25, -0.2) is 9.78 Å². The Morgan fingerprint density at radius 1 is 1.31 bits per heavy atom. The number of nitrogens with zero attached hydrogens (tertiary/aromatic N) is 3. The summed E-state index contributed by atoms with van der Waals surface area (Å²) in [5.74, 6) is 0.802. The number of imidazole rings is 1. The standard InChI is InChI=1S/C19H28N6O/c1-15(18-21-10-14-25(18)17-5-3-2-4-6-17)23-19(26)22-9-13-24-11-7-16(20)8-12-24/h2-6,10,14-16H,7-9,11-13,20H2,1H3,(H2,22,23,26). The van der Waals surface area contributed by atoms with Crippen molar-refractivity contribution in [3.63, 3.8) is 0 Å². The first-order valence-electron chi connectivity index (χ1n) is 9.24. The van der Waals surface area contributed by atoms with Gasteiger partial charge in [0.05, 0.1) is 6.04 Å². The molecule has 0 radical (unpaired) electrons. The fourth-order valence-electron chi connectivity index (χ4n) is 3.26. The van der Waals surface area contributed by atoms with Crippen molar-refractivity contribution in [2.24, 2.45) is 5.73 Å². The van der Waals surface area contributed by atoms with Gasteiger partial charge in [0.25, 0.3) is 0 Å². The summed E-state index contributed by atoms with van der Waals surface area (Å²) < 4.78 is 1.99. The summed E-state index contributed by atoms with van der Waals surface area (Å²) in [7, 11) is 0. The maximum Gasteiger partial charge on any atom is 0.315 e. The Balaban J connectivity index is 1.47. The molecule has 4 N–H and O–H groups in total. The van der Waals surface area contributed by atoms with Gasteiger partial charge in [0.2, 0.25) is 0 Å². The number of piperidine rings is 1. The number of likely N-dealkylation sites (tertiary alicyclic amines) is 1. The molecule has 2 amide bonds. The van der Waals surface area contributed by atoms with E-state index in [1.54, 1.807) is 6.20 Å². The second kappa shape index (κ2) is 8.82. The molecule has 1 aromatic carbocycles. The Bertz CT molecular complexity index is 693. The Morgan fingerprint density at radius 2 is 2.04 bits per heavy atom. The van der Waals surface area contributed by atoms with Gasteiger partial charge < -0.3 is 25.8 Å². The molecule has 0 saturated carbocycles. The third-order valence-electron chi connectivity index (χ3n) is 4.78. The predicted molar refractivity (Wildman–Crippen MR) is 102 cm³/mol. The second-order valence-corrected chi connectivity index (χ2v) is 6.79. The molecule has 1 aliphatic rings. The summed E-state index contributed by atoms with van der Waals surface area (Å²) in [6.07, 6.45) is 5.72. The lowest BCUT2D eigenvalue weighted by atomic mass is 10.1. The number of amides is 2. The molecule has 0 aliphatic carbocycles. The number of nitrogens with two attached hydrogens (primary N) is 1. The molecule has 1 fully saturated rings. The number of aromatic nitrogens is 2. The number of nitrogens with one attached hydrogen (secondary N) is 2. The summed E-state index contributed by atoms with van der Waals surface area (Å²) in [6.45, 7) is 5.44. The Labute approximate surface area is 154 Å². The summed E-state index contributed by atoms with van der Waals surface area (Å²) in [5.41, 5.74) is 6.94. The molecule has 7 heteroatoms. The minimum absolute atomic E-state index is 0.172. The summed E-state index contributed by atoms with van der Waals surface area (Å²) in [4.78, 5) is 18.9. The summed E-state index contributed by atoms with van der Waals surface area (Å²) in [5, 5.41) is 5.90. The van der Waals surface area contributed by atoms with Crippen molar-refractivity contribution in [2.45, 2.75) is 31.8 Å². The van der Waals surface area contributed by atoms with Crippen LogP contribution in [0.5, 0.6) is 0 Å². The molecular formula is C19H28N6O. The number of urea groups is 1. The highest BCUT2D eigenvalue weighted by molar-refractivity contribution is 5.74. The topological polar surface area (TPSA) is 88.2 Å². The SMILES string of the molecule is CC(NC(=O)NCCN1CCC(N)CC1)c1nccn1-c1ccccc1. The molecule has 0 spiro atoms. The number of hydrogen-bond acceptors (Lipinski definition) is 4. The average Bonchev–Trinajstić information content (AvgIpc) is 3.14. The molecule has 26 heavy (non-hydrogen) atoms. The lowest BCUT2D eigenvalue weighted by molar-refractivity contribution is 0.208. The molecule has 3 rings (SSSR count). The second-order valence-electron chi connectivity index (χ2n) is 6.79. The monoisotopic (exact) mass is 356 g/mol. The molecular weight excluding hydrogens is 328 g/mol. The first-order valence-corrected chi connectivity index (χ1v) is 9.24. The van der Waals surface area contributed by atoms with Crippen LogP contribution in [-0.4, -0.2) is 52.7 Å². The Kier molecular flexibility index (Phi) is 6.25. The van der Waals surface area contributed by atoms with Gasteiger partial charge >= 0.3 is 6.03 Å². The maximum absolute atomic E-state index is 12.2. The van der Waals surface area contributed by atoms with E-state index in [-0.39, 0.29) is 12.1 Å². The maximum atomic E-state index is 12.2. The van der Waals surface area contributed by atoms with Gasteiger partial charge in [-0.15, -0.1) is 0 Å². The highest BCUT2D eigenvalue weighted by Crippen LogP contribution is 2.16. The third kappa shape index (κ3) is 4.83.